The quantitative estimate of drug-likeness (QED) is 0.579. The van der Waals surface area contributed by atoms with Crippen molar-refractivity contribution in [2.75, 3.05) is 13.2 Å². The normalized spacial score (nSPS) is 11.3. The number of rotatable bonds is 8. The Morgan fingerprint density at radius 2 is 1.67 bits per heavy atom. The first-order valence-corrected chi connectivity index (χ1v) is 8.54. The maximum absolute atomic E-state index is 12.0. The molecule has 148 valence electrons. The summed E-state index contributed by atoms with van der Waals surface area (Å²) in [6.07, 6.45) is -1.18. The summed E-state index contributed by atoms with van der Waals surface area (Å²) in [6, 6.07) is 5.59. The minimum atomic E-state index is -1.18. The van der Waals surface area contributed by atoms with Gasteiger partial charge in [0.1, 0.15) is 12.3 Å². The summed E-state index contributed by atoms with van der Waals surface area (Å²) < 4.78 is 10.2. The Morgan fingerprint density at radius 1 is 1.04 bits per heavy atom. The Bertz CT molecular complexity index is 672. The zero-order chi connectivity index (χ0) is 20.4. The molecule has 27 heavy (non-hydrogen) atoms. The maximum atomic E-state index is 12.0. The molecular weight excluding hydrogens is 354 g/mol. The third kappa shape index (κ3) is 8.21. The van der Waals surface area contributed by atoms with Crippen LogP contribution >= 0.6 is 0 Å². The van der Waals surface area contributed by atoms with Crippen molar-refractivity contribution in [3.05, 3.63) is 29.8 Å². The molecule has 0 aliphatic carbocycles. The Kier molecular flexibility index (Phi) is 8.77. The van der Waals surface area contributed by atoms with Crippen LogP contribution in [-0.4, -0.2) is 49.1 Å². The third-order valence-corrected chi connectivity index (χ3v) is 3.15. The molecule has 1 aromatic rings. The molecule has 4 amide bonds. The van der Waals surface area contributed by atoms with Gasteiger partial charge in [-0.05, 0) is 52.0 Å². The summed E-state index contributed by atoms with van der Waals surface area (Å²) >= 11 is 0. The number of carbonyl (C=O) groups is 4. The third-order valence-electron chi connectivity index (χ3n) is 3.15. The molecule has 0 unspecified atom stereocenters. The highest BCUT2D eigenvalue weighted by Gasteiger charge is 2.20. The summed E-state index contributed by atoms with van der Waals surface area (Å²) in [7, 11) is 0. The summed E-state index contributed by atoms with van der Waals surface area (Å²) in [5.74, 6) is -1.40. The molecule has 0 radical (unpaired) electrons. The summed E-state index contributed by atoms with van der Waals surface area (Å²) in [5, 5.41) is 6.93. The highest BCUT2D eigenvalue weighted by atomic mass is 16.5. The molecule has 0 aromatic heterocycles. The lowest BCUT2D eigenvalue weighted by atomic mass is 10.2. The van der Waals surface area contributed by atoms with Crippen molar-refractivity contribution in [2.24, 2.45) is 0 Å². The number of imide groups is 1. The molecule has 0 bridgehead atoms. The van der Waals surface area contributed by atoms with Crippen LogP contribution in [-0.2, 0) is 14.3 Å². The number of nitrogens with one attached hydrogen (secondary N) is 3. The van der Waals surface area contributed by atoms with Crippen molar-refractivity contribution in [3.63, 3.8) is 0 Å². The van der Waals surface area contributed by atoms with Gasteiger partial charge in [-0.3, -0.25) is 19.7 Å². The van der Waals surface area contributed by atoms with Crippen LogP contribution in [0.1, 0.15) is 38.1 Å². The predicted molar refractivity (Wildman–Crippen MR) is 97.3 cm³/mol. The second-order valence-corrected chi connectivity index (χ2v) is 5.89. The Morgan fingerprint density at radius 3 is 2.22 bits per heavy atom. The van der Waals surface area contributed by atoms with E-state index in [1.807, 2.05) is 6.92 Å². The van der Waals surface area contributed by atoms with E-state index in [4.69, 9.17) is 9.47 Å². The number of hydrogen-bond donors (Lipinski definition) is 3. The number of hydrogen-bond acceptors (Lipinski definition) is 6. The first-order valence-electron chi connectivity index (χ1n) is 8.54. The largest absolute Gasteiger partial charge is 0.494 e. The zero-order valence-corrected chi connectivity index (χ0v) is 15.8. The molecule has 1 rings (SSSR count). The molecule has 9 heteroatoms. The fourth-order valence-electron chi connectivity index (χ4n) is 1.93. The zero-order valence-electron chi connectivity index (χ0n) is 15.8. The maximum Gasteiger partial charge on any atom is 0.326 e. The fraction of sp³-hybridized carbons (Fsp3) is 0.444. The van der Waals surface area contributed by atoms with Gasteiger partial charge in [-0.1, -0.05) is 0 Å². The highest BCUT2D eigenvalue weighted by molar-refractivity contribution is 5.98. The molecule has 1 aromatic carbocycles. The van der Waals surface area contributed by atoms with E-state index in [0.29, 0.717) is 17.9 Å². The molecule has 0 aliphatic rings. The Hall–Kier alpha value is -3.10. The van der Waals surface area contributed by atoms with Gasteiger partial charge in [0.2, 0.25) is 0 Å². The van der Waals surface area contributed by atoms with Crippen LogP contribution in [0.25, 0.3) is 0 Å². The van der Waals surface area contributed by atoms with Crippen LogP contribution in [0.15, 0.2) is 24.3 Å². The fourth-order valence-corrected chi connectivity index (χ4v) is 1.93. The van der Waals surface area contributed by atoms with E-state index >= 15 is 0 Å². The number of carbonyl (C=O) groups excluding carboxylic acids is 4. The standard InChI is InChI=1S/C18H25N3O6/c1-5-26-14-8-6-13(7-9-14)17(24)19-10-15(22)27-12(4)16(23)21-18(25)20-11(2)3/h6-9,11-12H,5,10H2,1-4H3,(H,19,24)(H2,20,21,23,25)/t12-/m1/s1. The minimum Gasteiger partial charge on any atom is -0.494 e. The Balaban J connectivity index is 2.41. The molecule has 3 N–H and O–H groups in total. The van der Waals surface area contributed by atoms with Crippen LogP contribution in [0.4, 0.5) is 4.79 Å². The SMILES string of the molecule is CCOc1ccc(C(=O)NCC(=O)O[C@H](C)C(=O)NC(=O)NC(C)C)cc1. The van der Waals surface area contributed by atoms with Gasteiger partial charge >= 0.3 is 12.0 Å². The smallest absolute Gasteiger partial charge is 0.326 e. The lowest BCUT2D eigenvalue weighted by Crippen LogP contribution is -2.47. The molecule has 0 aliphatic heterocycles. The average molecular weight is 379 g/mol. The summed E-state index contributed by atoms with van der Waals surface area (Å²) in [4.78, 5) is 47.0. The van der Waals surface area contributed by atoms with Crippen LogP contribution in [0, 0.1) is 0 Å². The van der Waals surface area contributed by atoms with Crippen molar-refractivity contribution in [1.82, 2.24) is 16.0 Å². The van der Waals surface area contributed by atoms with Gasteiger partial charge < -0.3 is 20.1 Å². The molecule has 0 saturated heterocycles. The average Bonchev–Trinajstić information content (AvgIpc) is 2.59. The van der Waals surface area contributed by atoms with Gasteiger partial charge in [0.05, 0.1) is 6.61 Å². The number of ether oxygens (including phenoxy) is 2. The van der Waals surface area contributed by atoms with E-state index in [1.165, 1.54) is 6.92 Å². The molecule has 0 heterocycles. The minimum absolute atomic E-state index is 0.145. The van der Waals surface area contributed by atoms with Gasteiger partial charge in [0, 0.05) is 11.6 Å². The topological polar surface area (TPSA) is 123 Å². The van der Waals surface area contributed by atoms with E-state index in [-0.39, 0.29) is 6.04 Å². The molecule has 0 spiro atoms. The van der Waals surface area contributed by atoms with Crippen molar-refractivity contribution in [3.8, 4) is 5.75 Å². The van der Waals surface area contributed by atoms with Crippen LogP contribution in [0.2, 0.25) is 0 Å². The molecule has 0 fully saturated rings. The molecule has 9 nitrogen and oxygen atoms in total. The van der Waals surface area contributed by atoms with Gasteiger partial charge in [-0.2, -0.15) is 0 Å². The van der Waals surface area contributed by atoms with Gasteiger partial charge in [0.25, 0.3) is 11.8 Å². The first kappa shape index (κ1) is 21.9. The van der Waals surface area contributed by atoms with Crippen LogP contribution < -0.4 is 20.7 Å². The van der Waals surface area contributed by atoms with Gasteiger partial charge in [-0.25, -0.2) is 4.79 Å². The predicted octanol–water partition coefficient (Wildman–Crippen LogP) is 0.981. The highest BCUT2D eigenvalue weighted by Crippen LogP contribution is 2.11. The lowest BCUT2D eigenvalue weighted by molar-refractivity contribution is -0.153. The lowest BCUT2D eigenvalue weighted by Gasteiger charge is -2.14. The second-order valence-electron chi connectivity index (χ2n) is 5.89. The monoisotopic (exact) mass is 379 g/mol. The van der Waals surface area contributed by atoms with E-state index in [0.717, 1.165) is 0 Å². The number of esters is 1. The Labute approximate surface area is 157 Å². The number of amides is 4. The van der Waals surface area contributed by atoms with Crippen LogP contribution in [0.5, 0.6) is 5.75 Å². The van der Waals surface area contributed by atoms with Gasteiger partial charge in [0.15, 0.2) is 6.10 Å². The van der Waals surface area contributed by atoms with Crippen molar-refractivity contribution in [2.45, 2.75) is 39.8 Å². The molecular formula is C18H25N3O6. The van der Waals surface area contributed by atoms with Gasteiger partial charge in [-0.15, -0.1) is 0 Å². The first-order chi connectivity index (χ1) is 12.7. The van der Waals surface area contributed by atoms with Crippen LogP contribution in [0.3, 0.4) is 0 Å². The number of urea groups is 1. The van der Waals surface area contributed by atoms with E-state index in [9.17, 15) is 19.2 Å². The molecule has 1 atom stereocenters. The second kappa shape index (κ2) is 10.8. The van der Waals surface area contributed by atoms with Crippen molar-refractivity contribution < 1.29 is 28.7 Å². The van der Waals surface area contributed by atoms with Crippen molar-refractivity contribution >= 4 is 23.8 Å². The van der Waals surface area contributed by atoms with E-state index < -0.39 is 36.5 Å². The van der Waals surface area contributed by atoms with E-state index in [1.54, 1.807) is 38.1 Å². The summed E-state index contributed by atoms with van der Waals surface area (Å²) in [5.41, 5.74) is 0.349. The van der Waals surface area contributed by atoms with E-state index in [2.05, 4.69) is 16.0 Å². The number of benzene rings is 1. The van der Waals surface area contributed by atoms with Crippen molar-refractivity contribution in [1.29, 1.82) is 0 Å². The summed E-state index contributed by atoms with van der Waals surface area (Å²) in [6.45, 7) is 6.75. The molecule has 0 saturated carbocycles.